The van der Waals surface area contributed by atoms with Crippen molar-refractivity contribution in [2.24, 2.45) is 0 Å². The topological polar surface area (TPSA) is 121 Å². The van der Waals surface area contributed by atoms with E-state index in [4.69, 9.17) is 4.74 Å². The van der Waals surface area contributed by atoms with Gasteiger partial charge in [-0.05, 0) is 56.0 Å². The predicted octanol–water partition coefficient (Wildman–Crippen LogP) is 4.01. The van der Waals surface area contributed by atoms with Crippen LogP contribution in [-0.4, -0.2) is 68.1 Å². The predicted molar refractivity (Wildman–Crippen MR) is 176 cm³/mol. The fourth-order valence-electron chi connectivity index (χ4n) is 5.56. The second-order valence-electron chi connectivity index (χ2n) is 11.7. The van der Waals surface area contributed by atoms with Crippen molar-refractivity contribution in [1.82, 2.24) is 20.5 Å². The summed E-state index contributed by atoms with van der Waals surface area (Å²) in [4.78, 5) is 46.2. The van der Waals surface area contributed by atoms with E-state index in [1.807, 2.05) is 93.6 Å². The first kappa shape index (κ1) is 32.0. The van der Waals surface area contributed by atoms with Crippen LogP contribution in [0.2, 0.25) is 0 Å². The molecule has 0 spiro atoms. The first-order valence-electron chi connectivity index (χ1n) is 14.9. The maximum Gasteiger partial charge on any atom is 0.258 e. The third-order valence-electron chi connectivity index (χ3n) is 8.07. The summed E-state index contributed by atoms with van der Waals surface area (Å²) in [5.74, 6) is -0.644. The highest BCUT2D eigenvalue weighted by molar-refractivity contribution is 8.00. The van der Waals surface area contributed by atoms with Crippen LogP contribution in [0.1, 0.15) is 30.5 Å². The molecule has 1 saturated heterocycles. The number of nitrogens with one attached hydrogen (secondary N) is 2. The summed E-state index contributed by atoms with van der Waals surface area (Å²) in [5.41, 5.74) is 2.88. The highest BCUT2D eigenvalue weighted by Gasteiger charge is 2.49. The molecule has 2 heterocycles. The van der Waals surface area contributed by atoms with E-state index in [1.165, 1.54) is 16.7 Å². The molecule has 5 rings (SSSR count). The average Bonchev–Trinajstić information content (AvgIpc) is 3.37. The molecular weight excluding hydrogens is 588 g/mol. The molecule has 1 aliphatic rings. The van der Waals surface area contributed by atoms with E-state index in [-0.39, 0.29) is 24.8 Å². The van der Waals surface area contributed by atoms with Crippen LogP contribution in [-0.2, 0) is 27.3 Å². The summed E-state index contributed by atoms with van der Waals surface area (Å²) in [7, 11) is 0. The average molecular weight is 627 g/mol. The van der Waals surface area contributed by atoms with Crippen LogP contribution in [0.3, 0.4) is 0 Å². The summed E-state index contributed by atoms with van der Waals surface area (Å²) in [5, 5.41) is 19.0. The minimum absolute atomic E-state index is 0.202. The number of carbonyl (C=O) groups excluding carboxylic acids is 3. The number of rotatable bonds is 11. The van der Waals surface area contributed by atoms with Gasteiger partial charge in [-0.1, -0.05) is 66.7 Å². The van der Waals surface area contributed by atoms with Crippen molar-refractivity contribution in [3.63, 3.8) is 0 Å². The Morgan fingerprint density at radius 1 is 1.04 bits per heavy atom. The number of ether oxygens (including phenoxy) is 1. The molecule has 234 valence electrons. The van der Waals surface area contributed by atoms with Crippen LogP contribution in [0, 0.1) is 6.92 Å². The lowest BCUT2D eigenvalue weighted by Crippen LogP contribution is -2.59. The number of aliphatic hydroxyl groups excluding tert-OH is 1. The number of benzene rings is 3. The molecular formula is C35H38N4O5S. The molecule has 9 nitrogen and oxygen atoms in total. The molecule has 1 aromatic heterocycles. The number of amides is 3. The number of pyridine rings is 1. The number of hydrogen-bond donors (Lipinski definition) is 3. The number of fused-ring (bicyclic) bond motifs is 1. The summed E-state index contributed by atoms with van der Waals surface area (Å²) in [6.45, 7) is 5.82. The van der Waals surface area contributed by atoms with Crippen LogP contribution in [0.4, 0.5) is 0 Å². The van der Waals surface area contributed by atoms with Gasteiger partial charge in [0.15, 0.2) is 12.7 Å². The minimum Gasteiger partial charge on any atom is -0.483 e. The number of thioether (sulfide) groups is 1. The molecule has 3 N–H and O–H groups in total. The van der Waals surface area contributed by atoms with Crippen molar-refractivity contribution >= 4 is 40.3 Å². The highest BCUT2D eigenvalue weighted by atomic mass is 32.2. The lowest BCUT2D eigenvalue weighted by Gasteiger charge is -2.33. The van der Waals surface area contributed by atoms with E-state index < -0.39 is 34.7 Å². The molecule has 0 saturated carbocycles. The van der Waals surface area contributed by atoms with Crippen molar-refractivity contribution < 1.29 is 24.2 Å². The zero-order chi connectivity index (χ0) is 32.0. The lowest BCUT2D eigenvalue weighted by atomic mass is 9.97. The normalized spacial score (nSPS) is 17.0. The molecule has 3 aromatic carbocycles. The van der Waals surface area contributed by atoms with Crippen molar-refractivity contribution in [3.8, 4) is 5.75 Å². The summed E-state index contributed by atoms with van der Waals surface area (Å²) < 4.78 is 5.25. The summed E-state index contributed by atoms with van der Waals surface area (Å²) in [6, 6.07) is 22.6. The zero-order valence-electron chi connectivity index (χ0n) is 25.6. The Morgan fingerprint density at radius 2 is 1.80 bits per heavy atom. The zero-order valence-corrected chi connectivity index (χ0v) is 26.4. The van der Waals surface area contributed by atoms with Gasteiger partial charge in [-0.25, -0.2) is 0 Å². The molecule has 1 aliphatic heterocycles. The van der Waals surface area contributed by atoms with Gasteiger partial charge in [0.05, 0.1) is 11.9 Å². The molecule has 1 fully saturated rings. The number of hydrogen-bond acceptors (Lipinski definition) is 7. The number of nitrogens with zero attached hydrogens (tertiary/aromatic N) is 2. The lowest BCUT2D eigenvalue weighted by molar-refractivity contribution is -0.148. The summed E-state index contributed by atoms with van der Waals surface area (Å²) in [6.07, 6.45) is 1.97. The number of aromatic nitrogens is 1. The van der Waals surface area contributed by atoms with E-state index >= 15 is 0 Å². The number of aryl methyl sites for hydroxylation is 1. The third kappa shape index (κ3) is 7.64. The number of carbonyl (C=O) groups is 3. The van der Waals surface area contributed by atoms with Crippen LogP contribution >= 0.6 is 11.8 Å². The molecule has 10 heteroatoms. The standard InChI is InChI=1S/C35H38N4O5S/c1-23-10-7-8-13-25(23)20-37-33(42)32-35(2,3)45-22-39(32)34(43)31(41)28(18-24-11-5-4-6-12-24)38-30(40)21-44-29-15-9-14-26-19-36-17-16-27(26)29/h4-17,19,28,31-32,41H,18,20-22H2,1-3H3,(H,37,42)(H,38,40)/t28-,31-,32+/m0/s1. The molecule has 3 amide bonds. The van der Waals surface area contributed by atoms with Gasteiger partial charge in [0.2, 0.25) is 5.91 Å². The molecule has 0 bridgehead atoms. The van der Waals surface area contributed by atoms with Gasteiger partial charge < -0.3 is 25.4 Å². The van der Waals surface area contributed by atoms with E-state index in [0.29, 0.717) is 12.3 Å². The van der Waals surface area contributed by atoms with Gasteiger partial charge >= 0.3 is 0 Å². The largest absolute Gasteiger partial charge is 0.483 e. The van der Waals surface area contributed by atoms with Crippen molar-refractivity contribution in [1.29, 1.82) is 0 Å². The quantitative estimate of drug-likeness (QED) is 0.230. The smallest absolute Gasteiger partial charge is 0.258 e. The first-order valence-corrected chi connectivity index (χ1v) is 15.9. The molecule has 0 unspecified atom stereocenters. The van der Waals surface area contributed by atoms with E-state index in [1.54, 1.807) is 18.5 Å². The Labute approximate surface area is 267 Å². The maximum absolute atomic E-state index is 13.9. The molecule has 0 aliphatic carbocycles. The van der Waals surface area contributed by atoms with E-state index in [2.05, 4.69) is 15.6 Å². The van der Waals surface area contributed by atoms with Crippen molar-refractivity contribution in [2.75, 3.05) is 12.5 Å². The minimum atomic E-state index is -1.60. The van der Waals surface area contributed by atoms with Gasteiger partial charge in [-0.2, -0.15) is 0 Å². The first-order chi connectivity index (χ1) is 21.6. The second kappa shape index (κ2) is 14.1. The Balaban J connectivity index is 1.30. The van der Waals surface area contributed by atoms with Gasteiger partial charge in [-0.15, -0.1) is 11.8 Å². The maximum atomic E-state index is 13.9. The SMILES string of the molecule is Cc1ccccc1CNC(=O)[C@H]1N(C(=O)[C@@H](O)[C@H](Cc2ccccc2)NC(=O)COc2cccc3cnccc23)CSC1(C)C. The molecule has 4 aromatic rings. The van der Waals surface area contributed by atoms with Gasteiger partial charge in [0.25, 0.3) is 11.8 Å². The van der Waals surface area contributed by atoms with Crippen molar-refractivity contribution in [3.05, 3.63) is 108 Å². The highest BCUT2D eigenvalue weighted by Crippen LogP contribution is 2.40. The molecule has 45 heavy (non-hydrogen) atoms. The Kier molecular flexibility index (Phi) is 10.0. The Morgan fingerprint density at radius 3 is 2.58 bits per heavy atom. The second-order valence-corrected chi connectivity index (χ2v) is 13.3. The molecule has 3 atom stereocenters. The summed E-state index contributed by atoms with van der Waals surface area (Å²) >= 11 is 1.47. The van der Waals surface area contributed by atoms with Crippen LogP contribution < -0.4 is 15.4 Å². The third-order valence-corrected chi connectivity index (χ3v) is 9.44. The van der Waals surface area contributed by atoms with E-state index in [0.717, 1.165) is 27.5 Å². The fourth-order valence-corrected chi connectivity index (χ4v) is 6.70. The van der Waals surface area contributed by atoms with Gasteiger partial charge in [0.1, 0.15) is 11.8 Å². The Hall–Kier alpha value is -4.41. The molecule has 0 radical (unpaired) electrons. The van der Waals surface area contributed by atoms with Gasteiger partial charge in [-0.3, -0.25) is 19.4 Å². The van der Waals surface area contributed by atoms with Crippen LogP contribution in [0.5, 0.6) is 5.75 Å². The van der Waals surface area contributed by atoms with Crippen LogP contribution in [0.15, 0.2) is 91.3 Å². The monoisotopic (exact) mass is 626 g/mol. The fraction of sp³-hybridized carbons (Fsp3) is 0.314. The van der Waals surface area contributed by atoms with Crippen LogP contribution in [0.25, 0.3) is 10.8 Å². The Bertz CT molecular complexity index is 1660. The van der Waals surface area contributed by atoms with Crippen molar-refractivity contribution in [2.45, 2.75) is 56.7 Å². The van der Waals surface area contributed by atoms with E-state index in [9.17, 15) is 19.5 Å². The number of aliphatic hydroxyl groups is 1. The van der Waals surface area contributed by atoms with Gasteiger partial charge in [0, 0.05) is 34.5 Å².